The fraction of sp³-hybridized carbons (Fsp3) is 0.400. The highest BCUT2D eigenvalue weighted by Crippen LogP contribution is 2.28. The molecule has 118 valence electrons. The molecule has 0 unspecified atom stereocenters. The molecule has 1 aromatic rings. The Kier molecular flexibility index (Phi) is 5.85. The van der Waals surface area contributed by atoms with E-state index in [-0.39, 0.29) is 18.2 Å². The summed E-state index contributed by atoms with van der Waals surface area (Å²) in [6, 6.07) is 6.94. The second kappa shape index (κ2) is 7.65. The van der Waals surface area contributed by atoms with Crippen molar-refractivity contribution in [3.8, 4) is 0 Å². The molecular weight excluding hydrogens is 322 g/mol. The molecule has 0 bridgehead atoms. The van der Waals surface area contributed by atoms with Crippen LogP contribution in [0.5, 0.6) is 0 Å². The van der Waals surface area contributed by atoms with E-state index in [0.29, 0.717) is 29.0 Å². The van der Waals surface area contributed by atoms with Gasteiger partial charge in [0.05, 0.1) is 0 Å². The molecule has 1 aromatic carbocycles. The van der Waals surface area contributed by atoms with Crippen LogP contribution in [0.3, 0.4) is 0 Å². The Labute approximate surface area is 139 Å². The average Bonchev–Trinajstić information content (AvgIpc) is 2.47. The number of anilines is 1. The molecule has 1 saturated heterocycles. The second-order valence-corrected chi connectivity index (χ2v) is 6.31. The summed E-state index contributed by atoms with van der Waals surface area (Å²) in [7, 11) is 0. The standard InChI is InChI=1S/C15H18ClN3O2S/c1-3-17-15-19(4-2)13(20)9-12(22-15)14(21)18-11-7-5-6-10(16)8-11/h5-8,12H,3-4,9H2,1-2H3,(H,18,21)/t12-/m1/s1. The number of nitrogens with one attached hydrogen (secondary N) is 1. The van der Waals surface area contributed by atoms with Crippen LogP contribution in [0.15, 0.2) is 29.3 Å². The molecule has 2 amide bonds. The maximum atomic E-state index is 12.4. The predicted octanol–water partition coefficient (Wildman–Crippen LogP) is 3.01. The fourth-order valence-electron chi connectivity index (χ4n) is 2.11. The number of amides is 2. The van der Waals surface area contributed by atoms with Crippen LogP contribution in [0.1, 0.15) is 20.3 Å². The maximum absolute atomic E-state index is 12.4. The molecule has 0 spiro atoms. The summed E-state index contributed by atoms with van der Waals surface area (Å²) in [6.45, 7) is 4.94. The number of nitrogens with zero attached hydrogens (tertiary/aromatic N) is 2. The van der Waals surface area contributed by atoms with Crippen LogP contribution in [-0.2, 0) is 9.59 Å². The van der Waals surface area contributed by atoms with Gasteiger partial charge in [-0.05, 0) is 32.0 Å². The number of amidine groups is 1. The molecule has 0 aromatic heterocycles. The van der Waals surface area contributed by atoms with Gasteiger partial charge in [-0.3, -0.25) is 19.5 Å². The van der Waals surface area contributed by atoms with Crippen LogP contribution in [0.4, 0.5) is 5.69 Å². The zero-order chi connectivity index (χ0) is 16.1. The lowest BCUT2D eigenvalue weighted by Gasteiger charge is -2.30. The van der Waals surface area contributed by atoms with E-state index in [4.69, 9.17) is 11.6 Å². The van der Waals surface area contributed by atoms with Gasteiger partial charge in [0.15, 0.2) is 5.17 Å². The zero-order valence-corrected chi connectivity index (χ0v) is 14.1. The lowest BCUT2D eigenvalue weighted by molar-refractivity contribution is -0.129. The van der Waals surface area contributed by atoms with Gasteiger partial charge in [0.2, 0.25) is 11.8 Å². The first-order valence-corrected chi connectivity index (χ1v) is 8.38. The highest BCUT2D eigenvalue weighted by atomic mass is 35.5. The van der Waals surface area contributed by atoms with Gasteiger partial charge in [0, 0.05) is 30.2 Å². The maximum Gasteiger partial charge on any atom is 0.238 e. The van der Waals surface area contributed by atoms with Crippen molar-refractivity contribution in [2.45, 2.75) is 25.5 Å². The number of thioether (sulfide) groups is 1. The largest absolute Gasteiger partial charge is 0.325 e. The monoisotopic (exact) mass is 339 g/mol. The molecular formula is C15H18ClN3O2S. The number of benzene rings is 1. The van der Waals surface area contributed by atoms with Crippen LogP contribution >= 0.6 is 23.4 Å². The number of aliphatic imine (C=N–C) groups is 1. The molecule has 0 radical (unpaired) electrons. The smallest absolute Gasteiger partial charge is 0.238 e. The first-order chi connectivity index (χ1) is 10.5. The van der Waals surface area contributed by atoms with Gasteiger partial charge < -0.3 is 5.32 Å². The molecule has 0 saturated carbocycles. The minimum Gasteiger partial charge on any atom is -0.325 e. The quantitative estimate of drug-likeness (QED) is 0.917. The van der Waals surface area contributed by atoms with Crippen molar-refractivity contribution in [1.82, 2.24) is 4.90 Å². The van der Waals surface area contributed by atoms with E-state index < -0.39 is 5.25 Å². The Bertz CT molecular complexity index is 606. The zero-order valence-electron chi connectivity index (χ0n) is 12.5. The highest BCUT2D eigenvalue weighted by molar-refractivity contribution is 8.15. The Hall–Kier alpha value is -1.53. The van der Waals surface area contributed by atoms with E-state index in [1.165, 1.54) is 11.8 Å². The third-order valence-electron chi connectivity index (χ3n) is 3.13. The van der Waals surface area contributed by atoms with Gasteiger partial charge in [-0.15, -0.1) is 0 Å². The van der Waals surface area contributed by atoms with E-state index in [9.17, 15) is 9.59 Å². The van der Waals surface area contributed by atoms with Crippen LogP contribution < -0.4 is 5.32 Å². The fourth-order valence-corrected chi connectivity index (χ4v) is 3.51. The van der Waals surface area contributed by atoms with Gasteiger partial charge >= 0.3 is 0 Å². The number of hydrogen-bond donors (Lipinski definition) is 1. The Morgan fingerprint density at radius 3 is 2.91 bits per heavy atom. The minimum atomic E-state index is -0.473. The molecule has 5 nitrogen and oxygen atoms in total. The average molecular weight is 340 g/mol. The van der Waals surface area contributed by atoms with E-state index in [1.54, 1.807) is 29.2 Å². The summed E-state index contributed by atoms with van der Waals surface area (Å²) in [5.41, 5.74) is 0.623. The van der Waals surface area contributed by atoms with E-state index in [1.807, 2.05) is 13.8 Å². The summed E-state index contributed by atoms with van der Waals surface area (Å²) in [6.07, 6.45) is 0.174. The molecule has 7 heteroatoms. The van der Waals surface area contributed by atoms with Crippen molar-refractivity contribution in [2.24, 2.45) is 4.99 Å². The molecule has 1 atom stereocenters. The number of hydrogen-bond acceptors (Lipinski definition) is 4. The molecule has 22 heavy (non-hydrogen) atoms. The number of rotatable bonds is 4. The SMILES string of the molecule is CCN=C1S[C@@H](C(=O)Nc2cccc(Cl)c2)CC(=O)N1CC. The topological polar surface area (TPSA) is 61.8 Å². The molecule has 1 N–H and O–H groups in total. The van der Waals surface area contributed by atoms with E-state index >= 15 is 0 Å². The van der Waals surface area contributed by atoms with Crippen molar-refractivity contribution in [1.29, 1.82) is 0 Å². The molecule has 1 aliphatic rings. The number of carbonyl (C=O) groups excluding carboxylic acids is 2. The van der Waals surface area contributed by atoms with Crippen LogP contribution in [0, 0.1) is 0 Å². The molecule has 1 aliphatic heterocycles. The third-order valence-corrected chi connectivity index (χ3v) is 4.59. The molecule has 0 aliphatic carbocycles. The number of carbonyl (C=O) groups is 2. The second-order valence-electron chi connectivity index (χ2n) is 4.71. The van der Waals surface area contributed by atoms with Crippen LogP contribution in [-0.4, -0.2) is 40.2 Å². The highest BCUT2D eigenvalue weighted by Gasteiger charge is 2.34. The summed E-state index contributed by atoms with van der Waals surface area (Å²) in [5.74, 6) is -0.278. The summed E-state index contributed by atoms with van der Waals surface area (Å²) >= 11 is 7.24. The van der Waals surface area contributed by atoms with Crippen LogP contribution in [0.25, 0.3) is 0 Å². The molecule has 1 fully saturated rings. The molecule has 2 rings (SSSR count). The van der Waals surface area contributed by atoms with Gasteiger partial charge in [0.1, 0.15) is 5.25 Å². The lowest BCUT2D eigenvalue weighted by atomic mass is 10.2. The minimum absolute atomic E-state index is 0.0697. The van der Waals surface area contributed by atoms with E-state index in [0.717, 1.165) is 0 Å². The predicted molar refractivity (Wildman–Crippen MR) is 91.4 cm³/mol. The van der Waals surface area contributed by atoms with Crippen molar-refractivity contribution in [2.75, 3.05) is 18.4 Å². The first kappa shape index (κ1) is 16.8. The Morgan fingerprint density at radius 2 is 2.27 bits per heavy atom. The van der Waals surface area contributed by atoms with Crippen molar-refractivity contribution in [3.05, 3.63) is 29.3 Å². The Balaban J connectivity index is 2.10. The summed E-state index contributed by atoms with van der Waals surface area (Å²) in [5, 5.41) is 3.50. The van der Waals surface area contributed by atoms with E-state index in [2.05, 4.69) is 10.3 Å². The first-order valence-electron chi connectivity index (χ1n) is 7.13. The van der Waals surface area contributed by atoms with Gasteiger partial charge in [0.25, 0.3) is 0 Å². The van der Waals surface area contributed by atoms with Gasteiger partial charge in [-0.1, -0.05) is 29.4 Å². The number of halogens is 1. The van der Waals surface area contributed by atoms with Gasteiger partial charge in [-0.25, -0.2) is 0 Å². The molecule has 1 heterocycles. The summed E-state index contributed by atoms with van der Waals surface area (Å²) in [4.78, 5) is 30.5. The third kappa shape index (κ3) is 4.01. The summed E-state index contributed by atoms with van der Waals surface area (Å²) < 4.78 is 0. The van der Waals surface area contributed by atoms with Crippen molar-refractivity contribution < 1.29 is 9.59 Å². The van der Waals surface area contributed by atoms with Gasteiger partial charge in [-0.2, -0.15) is 0 Å². The Morgan fingerprint density at radius 1 is 1.50 bits per heavy atom. The normalized spacial score (nSPS) is 20.3. The van der Waals surface area contributed by atoms with Crippen molar-refractivity contribution in [3.63, 3.8) is 0 Å². The lowest BCUT2D eigenvalue weighted by Crippen LogP contribution is -2.45. The van der Waals surface area contributed by atoms with Crippen molar-refractivity contribution >= 4 is 46.0 Å². The van der Waals surface area contributed by atoms with Crippen LogP contribution in [0.2, 0.25) is 5.02 Å².